The monoisotopic (exact) mass is 576 g/mol. The van der Waals surface area contributed by atoms with E-state index in [1.54, 1.807) is 0 Å². The van der Waals surface area contributed by atoms with Crippen LogP contribution in [0.1, 0.15) is 107 Å². The van der Waals surface area contributed by atoms with E-state index < -0.39 is 47.9 Å². The maximum atomic E-state index is 12.4. The van der Waals surface area contributed by atoms with Crippen molar-refractivity contribution in [1.29, 1.82) is 0 Å². The standard InChI is InChI=1S/C33H52O8/c1-18(2)9-12-28(37)33(8,38)27-11-10-23-22-17-26(40-20(4)35)29-30(41-21(5)36)25(39-19(3)34)14-16-32(29,7)24(22)13-15-31(23,27)6/h17-18,23-30,37-38H,9-16H2,1-8H3/t23-,24-,25-,26-,27-,28+,29-,30-,31-,32+,33+/m0/s1. The first kappa shape index (κ1) is 32.0. The summed E-state index contributed by atoms with van der Waals surface area (Å²) in [7, 11) is 0. The molecule has 232 valence electrons. The molecule has 4 rings (SSSR count). The summed E-state index contributed by atoms with van der Waals surface area (Å²) < 4.78 is 17.5. The van der Waals surface area contributed by atoms with Crippen LogP contribution < -0.4 is 0 Å². The normalized spacial score (nSPS) is 40.3. The first-order valence-electron chi connectivity index (χ1n) is 15.7. The number of esters is 3. The summed E-state index contributed by atoms with van der Waals surface area (Å²) in [5, 5.41) is 22.9. The van der Waals surface area contributed by atoms with Crippen LogP contribution in [-0.2, 0) is 28.6 Å². The van der Waals surface area contributed by atoms with Gasteiger partial charge in [0.1, 0.15) is 18.3 Å². The first-order valence-corrected chi connectivity index (χ1v) is 15.7. The van der Waals surface area contributed by atoms with E-state index in [1.807, 2.05) is 6.92 Å². The fraction of sp³-hybridized carbons (Fsp3) is 0.848. The summed E-state index contributed by atoms with van der Waals surface area (Å²) in [6.45, 7) is 14.7. The number of allylic oxidation sites excluding steroid dienone is 1. The van der Waals surface area contributed by atoms with E-state index in [0.29, 0.717) is 18.8 Å². The van der Waals surface area contributed by atoms with Crippen LogP contribution in [0.2, 0.25) is 0 Å². The largest absolute Gasteiger partial charge is 0.459 e. The van der Waals surface area contributed by atoms with Crippen LogP contribution in [0.5, 0.6) is 0 Å². The highest BCUT2D eigenvalue weighted by Crippen LogP contribution is 2.68. The highest BCUT2D eigenvalue weighted by atomic mass is 16.6. The lowest BCUT2D eigenvalue weighted by atomic mass is 9.46. The molecule has 0 aromatic carbocycles. The van der Waals surface area contributed by atoms with Crippen molar-refractivity contribution in [2.24, 2.45) is 40.4 Å². The van der Waals surface area contributed by atoms with Gasteiger partial charge in [-0.2, -0.15) is 0 Å². The Labute approximate surface area is 245 Å². The number of aliphatic hydroxyl groups excluding tert-OH is 1. The fourth-order valence-corrected chi connectivity index (χ4v) is 9.55. The minimum Gasteiger partial charge on any atom is -0.459 e. The molecular formula is C33H52O8. The van der Waals surface area contributed by atoms with Gasteiger partial charge in [0.2, 0.25) is 0 Å². The van der Waals surface area contributed by atoms with E-state index in [-0.39, 0.29) is 34.5 Å². The van der Waals surface area contributed by atoms with Gasteiger partial charge in [-0.15, -0.1) is 0 Å². The van der Waals surface area contributed by atoms with Crippen molar-refractivity contribution in [3.05, 3.63) is 11.6 Å². The second-order valence-corrected chi connectivity index (χ2v) is 14.5. The van der Waals surface area contributed by atoms with Crippen LogP contribution >= 0.6 is 0 Å². The zero-order chi connectivity index (χ0) is 30.5. The molecule has 11 atom stereocenters. The Balaban J connectivity index is 1.72. The Morgan fingerprint density at radius 3 is 2.07 bits per heavy atom. The lowest BCUT2D eigenvalue weighted by molar-refractivity contribution is -0.205. The van der Waals surface area contributed by atoms with Gasteiger partial charge in [-0.1, -0.05) is 33.3 Å². The Kier molecular flexibility index (Phi) is 9.08. The summed E-state index contributed by atoms with van der Waals surface area (Å²) in [5.41, 5.74) is -0.491. The van der Waals surface area contributed by atoms with Crippen molar-refractivity contribution in [3.63, 3.8) is 0 Å². The zero-order valence-corrected chi connectivity index (χ0v) is 26.3. The Morgan fingerprint density at radius 2 is 1.49 bits per heavy atom. The van der Waals surface area contributed by atoms with Crippen LogP contribution in [0.4, 0.5) is 0 Å². The third kappa shape index (κ3) is 5.84. The van der Waals surface area contributed by atoms with Crippen LogP contribution in [0.15, 0.2) is 11.6 Å². The van der Waals surface area contributed by atoms with Gasteiger partial charge < -0.3 is 24.4 Å². The van der Waals surface area contributed by atoms with Gasteiger partial charge in [0.25, 0.3) is 0 Å². The number of carbonyl (C=O) groups excluding carboxylic acids is 3. The average molecular weight is 577 g/mol. The minimum atomic E-state index is -1.20. The van der Waals surface area contributed by atoms with Gasteiger partial charge in [-0.05, 0) is 98.9 Å². The fourth-order valence-electron chi connectivity index (χ4n) is 9.55. The molecule has 0 aromatic heterocycles. The molecule has 3 fully saturated rings. The van der Waals surface area contributed by atoms with Crippen molar-refractivity contribution in [2.75, 3.05) is 0 Å². The molecular weight excluding hydrogens is 524 g/mol. The molecule has 0 radical (unpaired) electrons. The Hall–Kier alpha value is -1.93. The molecule has 2 N–H and O–H groups in total. The molecule has 0 heterocycles. The maximum Gasteiger partial charge on any atom is 0.303 e. The third-order valence-corrected chi connectivity index (χ3v) is 11.4. The predicted octanol–water partition coefficient (Wildman–Crippen LogP) is 5.13. The number of carbonyl (C=O) groups is 3. The number of hydrogen-bond acceptors (Lipinski definition) is 8. The molecule has 0 saturated heterocycles. The highest BCUT2D eigenvalue weighted by molar-refractivity contribution is 5.68. The van der Waals surface area contributed by atoms with Crippen molar-refractivity contribution in [2.45, 2.75) is 137 Å². The summed E-state index contributed by atoms with van der Waals surface area (Å²) >= 11 is 0. The molecule has 0 spiro atoms. The quantitative estimate of drug-likeness (QED) is 0.232. The topological polar surface area (TPSA) is 119 Å². The van der Waals surface area contributed by atoms with Gasteiger partial charge in [-0.25, -0.2) is 0 Å². The van der Waals surface area contributed by atoms with E-state index in [0.717, 1.165) is 38.5 Å². The van der Waals surface area contributed by atoms with Crippen molar-refractivity contribution in [1.82, 2.24) is 0 Å². The van der Waals surface area contributed by atoms with Gasteiger partial charge in [0.05, 0.1) is 11.7 Å². The second kappa shape index (κ2) is 11.6. The van der Waals surface area contributed by atoms with Crippen molar-refractivity contribution in [3.8, 4) is 0 Å². The lowest BCUT2D eigenvalue weighted by Gasteiger charge is -2.60. The number of hydrogen-bond donors (Lipinski definition) is 2. The number of aliphatic hydroxyl groups is 2. The van der Waals surface area contributed by atoms with Gasteiger partial charge >= 0.3 is 17.9 Å². The molecule has 0 aliphatic heterocycles. The van der Waals surface area contributed by atoms with E-state index in [2.05, 4.69) is 33.8 Å². The molecule has 8 nitrogen and oxygen atoms in total. The van der Waals surface area contributed by atoms with E-state index in [1.165, 1.54) is 26.3 Å². The Bertz CT molecular complexity index is 1050. The minimum absolute atomic E-state index is 0.0600. The van der Waals surface area contributed by atoms with Crippen LogP contribution in [-0.4, -0.2) is 58.1 Å². The molecule has 0 amide bonds. The second-order valence-electron chi connectivity index (χ2n) is 14.5. The summed E-state index contributed by atoms with van der Waals surface area (Å²) in [6, 6.07) is 0. The van der Waals surface area contributed by atoms with Crippen molar-refractivity contribution < 1.29 is 38.8 Å². The first-order chi connectivity index (χ1) is 19.0. The van der Waals surface area contributed by atoms with Crippen LogP contribution in [0, 0.1) is 40.4 Å². The number of rotatable bonds is 8. The van der Waals surface area contributed by atoms with E-state index in [9.17, 15) is 24.6 Å². The summed E-state index contributed by atoms with van der Waals surface area (Å²) in [5.74, 6) is -0.898. The highest BCUT2D eigenvalue weighted by Gasteiger charge is 2.65. The smallest absolute Gasteiger partial charge is 0.303 e. The number of ether oxygens (including phenoxy) is 3. The maximum absolute atomic E-state index is 12.4. The van der Waals surface area contributed by atoms with Gasteiger partial charge in [0, 0.05) is 26.7 Å². The third-order valence-electron chi connectivity index (χ3n) is 11.4. The molecule has 3 saturated carbocycles. The summed E-state index contributed by atoms with van der Waals surface area (Å²) in [6.07, 6.45) is 5.59. The van der Waals surface area contributed by atoms with Crippen LogP contribution in [0.3, 0.4) is 0 Å². The van der Waals surface area contributed by atoms with Crippen LogP contribution in [0.25, 0.3) is 0 Å². The van der Waals surface area contributed by atoms with E-state index >= 15 is 0 Å². The molecule has 0 aromatic rings. The lowest BCUT2D eigenvalue weighted by Crippen LogP contribution is -2.62. The van der Waals surface area contributed by atoms with Crippen molar-refractivity contribution >= 4 is 17.9 Å². The summed E-state index contributed by atoms with van der Waals surface area (Å²) in [4.78, 5) is 36.6. The molecule has 41 heavy (non-hydrogen) atoms. The zero-order valence-electron chi connectivity index (χ0n) is 26.3. The SMILES string of the molecule is CC(=O)O[C@@H]1[C@@H]2[C@@H](OC(C)=O)C=C3[C@H](CC[C@]4(C)[C@@H]([C@@](C)(O)[C@H](O)CCC(C)C)CC[C@@H]34)[C@@]2(C)CC[C@@H]1OC(C)=O. The predicted molar refractivity (Wildman–Crippen MR) is 153 cm³/mol. The van der Waals surface area contributed by atoms with Gasteiger partial charge in [0.15, 0.2) is 0 Å². The molecule has 4 aliphatic rings. The molecule has 0 bridgehead atoms. The van der Waals surface area contributed by atoms with Gasteiger partial charge in [-0.3, -0.25) is 14.4 Å². The number of fused-ring (bicyclic) bond motifs is 5. The Morgan fingerprint density at radius 1 is 0.902 bits per heavy atom. The molecule has 4 aliphatic carbocycles. The molecule has 8 heteroatoms. The molecule has 0 unspecified atom stereocenters. The average Bonchev–Trinajstić information content (AvgIpc) is 3.21. The van der Waals surface area contributed by atoms with E-state index in [4.69, 9.17) is 14.2 Å².